The predicted molar refractivity (Wildman–Crippen MR) is 232 cm³/mol. The van der Waals surface area contributed by atoms with Crippen molar-refractivity contribution in [3.05, 3.63) is 77.6 Å². The largest absolute Gasteiger partial charge is 0.459 e. The minimum absolute atomic E-state index is 0.00256. The Morgan fingerprint density at radius 1 is 0.719 bits per heavy atom. The van der Waals surface area contributed by atoms with Gasteiger partial charge in [0.25, 0.3) is 0 Å². The Kier molecular flexibility index (Phi) is 13.3. The summed E-state index contributed by atoms with van der Waals surface area (Å²) in [7, 11) is 0. The lowest BCUT2D eigenvalue weighted by molar-refractivity contribution is -0.290. The Bertz CT molecular complexity index is 2420. The van der Waals surface area contributed by atoms with Gasteiger partial charge in [0.05, 0.1) is 0 Å². The lowest BCUT2D eigenvalue weighted by Gasteiger charge is -2.53. The molecule has 14 heteroatoms. The summed E-state index contributed by atoms with van der Waals surface area (Å²) in [6.07, 6.45) is -0.781. The van der Waals surface area contributed by atoms with Gasteiger partial charge in [-0.3, -0.25) is 38.4 Å². The van der Waals surface area contributed by atoms with E-state index in [9.17, 15) is 38.4 Å². The van der Waals surface area contributed by atoms with Gasteiger partial charge in [0.15, 0.2) is 23.9 Å². The summed E-state index contributed by atoms with van der Waals surface area (Å²) < 4.78 is 36.9. The summed E-state index contributed by atoms with van der Waals surface area (Å²) in [6.45, 7) is 21.4. The summed E-state index contributed by atoms with van der Waals surface area (Å²) in [6, 6.07) is 4.41. The molecular formula is C50H62O14. The van der Waals surface area contributed by atoms with Crippen LogP contribution in [0.2, 0.25) is 0 Å². The number of hydrogen-bond acceptors (Lipinski definition) is 14. The highest BCUT2D eigenvalue weighted by molar-refractivity contribution is 5.72. The number of aldehydes is 1. The van der Waals surface area contributed by atoms with E-state index in [0.29, 0.717) is 53.4 Å². The summed E-state index contributed by atoms with van der Waals surface area (Å²) in [4.78, 5) is 107. The molecule has 1 aliphatic heterocycles. The summed E-state index contributed by atoms with van der Waals surface area (Å²) in [5.74, 6) is -7.38. The van der Waals surface area contributed by atoms with Gasteiger partial charge < -0.3 is 28.4 Å². The van der Waals surface area contributed by atoms with Crippen LogP contribution in [0.15, 0.2) is 27.8 Å². The molecular weight excluding hydrogens is 825 g/mol. The van der Waals surface area contributed by atoms with Crippen molar-refractivity contribution in [3.8, 4) is 11.5 Å². The molecule has 0 saturated heterocycles. The minimum Gasteiger partial charge on any atom is -0.459 e. The zero-order valence-corrected chi connectivity index (χ0v) is 39.3. The van der Waals surface area contributed by atoms with E-state index in [0.717, 1.165) is 13.3 Å². The Morgan fingerprint density at radius 3 is 1.81 bits per heavy atom. The van der Waals surface area contributed by atoms with E-state index in [-0.39, 0.29) is 52.9 Å². The van der Waals surface area contributed by atoms with Crippen molar-refractivity contribution in [1.29, 1.82) is 0 Å². The standard InChI is InChI=1S/C50H62O14/c1-23(2)34-14-16-48(12,39(22-51)61-29(9)54)42(34)36-19-33(20-38(60-28(8)53)44(57)25(36)5)50(63-31(11)56)21-32-18-37(59-27(7)52)45(58)26(6)40-41(32)46(64-50)47(62-30(10)55)49(13)17-15-35(24(3)4)43(40)49/h18-20,22-24,34-35,39,42-43,46-47H,14-17,21H2,1-13H3/t34-,35-,39+,42-,43-,46-,47+,48+,49-,50+/m1/s1. The molecule has 0 unspecified atom stereocenters. The lowest BCUT2D eigenvalue weighted by atomic mass is 9.59. The first-order chi connectivity index (χ1) is 29.8. The molecule has 0 radical (unpaired) electrons. The first-order valence-corrected chi connectivity index (χ1v) is 22.3. The average molecular weight is 887 g/mol. The molecule has 14 nitrogen and oxygen atoms in total. The van der Waals surface area contributed by atoms with Crippen LogP contribution in [0, 0.1) is 48.3 Å². The van der Waals surface area contributed by atoms with Gasteiger partial charge in [0, 0.05) is 68.6 Å². The monoisotopic (exact) mass is 886 g/mol. The van der Waals surface area contributed by atoms with Gasteiger partial charge in [0.1, 0.15) is 12.2 Å². The number of ether oxygens (including phenoxy) is 6. The smallest absolute Gasteiger partial charge is 0.308 e. The van der Waals surface area contributed by atoms with Crippen LogP contribution in [0.3, 0.4) is 0 Å². The van der Waals surface area contributed by atoms with Crippen molar-refractivity contribution in [3.63, 3.8) is 0 Å². The van der Waals surface area contributed by atoms with Crippen molar-refractivity contribution in [2.24, 2.45) is 34.5 Å². The Morgan fingerprint density at radius 2 is 1.28 bits per heavy atom. The molecule has 1 heterocycles. The van der Waals surface area contributed by atoms with Crippen LogP contribution in [0.5, 0.6) is 11.5 Å². The molecule has 0 spiro atoms. The predicted octanol–water partition coefficient (Wildman–Crippen LogP) is 7.29. The maximum atomic E-state index is 14.7. The van der Waals surface area contributed by atoms with Crippen LogP contribution in [-0.4, -0.2) is 48.3 Å². The van der Waals surface area contributed by atoms with E-state index in [2.05, 4.69) is 13.8 Å². The Labute approximate surface area is 374 Å². The quantitative estimate of drug-likeness (QED) is 0.124. The SMILES string of the molecule is CC(=O)Oc1cc([C@]2(OC(C)=O)Cc3cc(OC(C)=O)c(=O)c(C)c4c3[C@@H](O2)[C@H](OC(C)=O)[C@]2(C)CC[C@H](C(C)C)[C@H]42)cc([C@H]2[C@@H](C(C)C)CC[C@@]2(C)[C@H](C=O)OC(C)=O)c(C)c1=O. The van der Waals surface area contributed by atoms with Gasteiger partial charge in [-0.1, -0.05) is 41.5 Å². The first-order valence-electron chi connectivity index (χ1n) is 22.3. The number of carbonyl (C=O) groups is 6. The summed E-state index contributed by atoms with van der Waals surface area (Å²) >= 11 is 0. The fraction of sp³-hybridized carbons (Fsp3) is 0.600. The van der Waals surface area contributed by atoms with Crippen molar-refractivity contribution in [1.82, 2.24) is 0 Å². The van der Waals surface area contributed by atoms with E-state index in [4.69, 9.17) is 28.4 Å². The van der Waals surface area contributed by atoms with E-state index < -0.39 is 87.3 Å². The number of carbonyl (C=O) groups excluding carboxylic acids is 6. The third kappa shape index (κ3) is 8.31. The molecule has 10 atom stereocenters. The maximum absolute atomic E-state index is 14.7. The second-order valence-corrected chi connectivity index (χ2v) is 19.6. The van der Waals surface area contributed by atoms with Crippen molar-refractivity contribution in [2.75, 3.05) is 0 Å². The van der Waals surface area contributed by atoms with Gasteiger partial charge in [0.2, 0.25) is 16.6 Å². The molecule has 4 aliphatic rings. The third-order valence-corrected chi connectivity index (χ3v) is 14.7. The highest BCUT2D eigenvalue weighted by atomic mass is 16.7. The number of rotatable bonds is 11. The van der Waals surface area contributed by atoms with Crippen LogP contribution in [0.25, 0.3) is 0 Å². The third-order valence-electron chi connectivity index (χ3n) is 14.7. The van der Waals surface area contributed by atoms with Crippen molar-refractivity contribution < 1.29 is 57.2 Å². The zero-order valence-electron chi connectivity index (χ0n) is 39.3. The van der Waals surface area contributed by atoms with Gasteiger partial charge in [-0.15, -0.1) is 0 Å². The highest BCUT2D eigenvalue weighted by Gasteiger charge is 2.63. The molecule has 2 aromatic carbocycles. The number of esters is 5. The fourth-order valence-electron chi connectivity index (χ4n) is 12.0. The molecule has 2 aromatic rings. The number of fused-ring (bicyclic) bond motifs is 2. The topological polar surface area (TPSA) is 192 Å². The first kappa shape index (κ1) is 48.2. The van der Waals surface area contributed by atoms with Crippen molar-refractivity contribution >= 4 is 36.1 Å². The molecule has 3 aliphatic carbocycles. The summed E-state index contributed by atoms with van der Waals surface area (Å²) in [5, 5.41) is 0. The van der Waals surface area contributed by atoms with E-state index in [1.165, 1.54) is 39.8 Å². The molecule has 346 valence electrons. The second-order valence-electron chi connectivity index (χ2n) is 19.6. The lowest BCUT2D eigenvalue weighted by Crippen LogP contribution is -2.53. The van der Waals surface area contributed by atoms with Crippen LogP contribution < -0.4 is 20.3 Å². The second kappa shape index (κ2) is 17.6. The molecule has 0 N–H and O–H groups in total. The zero-order chi connectivity index (χ0) is 47.5. The van der Waals surface area contributed by atoms with E-state index >= 15 is 0 Å². The van der Waals surface area contributed by atoms with Crippen LogP contribution in [0.1, 0.15) is 159 Å². The highest BCUT2D eigenvalue weighted by Crippen LogP contribution is 2.66. The number of hydrogen-bond donors (Lipinski definition) is 0. The van der Waals surface area contributed by atoms with Crippen LogP contribution in [-0.2, 0) is 59.9 Å². The average Bonchev–Trinajstić information content (AvgIpc) is 3.67. The van der Waals surface area contributed by atoms with Gasteiger partial charge in [-0.2, -0.15) is 0 Å². The van der Waals surface area contributed by atoms with E-state index in [1.54, 1.807) is 19.9 Å². The fourth-order valence-corrected chi connectivity index (χ4v) is 12.0. The van der Waals surface area contributed by atoms with Gasteiger partial charge >= 0.3 is 29.8 Å². The van der Waals surface area contributed by atoms with Gasteiger partial charge in [-0.25, -0.2) is 0 Å². The van der Waals surface area contributed by atoms with Gasteiger partial charge in [-0.05, 0) is 115 Å². The molecule has 2 fully saturated rings. The molecule has 0 bridgehead atoms. The molecule has 2 saturated carbocycles. The molecule has 0 amide bonds. The van der Waals surface area contributed by atoms with Crippen LogP contribution >= 0.6 is 0 Å². The Balaban J connectivity index is 1.78. The molecule has 6 rings (SSSR count). The van der Waals surface area contributed by atoms with Crippen molar-refractivity contribution in [2.45, 2.75) is 158 Å². The Hall–Kier alpha value is -5.24. The van der Waals surface area contributed by atoms with E-state index in [1.807, 2.05) is 27.7 Å². The normalized spacial score (nSPS) is 29.5. The molecule has 64 heavy (non-hydrogen) atoms. The maximum Gasteiger partial charge on any atom is 0.308 e. The van der Waals surface area contributed by atoms with Crippen LogP contribution in [0.4, 0.5) is 0 Å². The minimum atomic E-state index is -2.19. The summed E-state index contributed by atoms with van der Waals surface area (Å²) in [5.41, 5.74) is -0.460. The molecule has 0 aromatic heterocycles.